The van der Waals surface area contributed by atoms with E-state index in [4.69, 9.17) is 16.3 Å². The van der Waals surface area contributed by atoms with Crippen LogP contribution in [0.1, 0.15) is 5.56 Å². The first kappa shape index (κ1) is 20.9. The lowest BCUT2D eigenvalue weighted by Gasteiger charge is -2.36. The Balaban J connectivity index is 1.41. The molecule has 8 heteroatoms. The number of anilines is 1. The smallest absolute Gasteiger partial charge is 0.292 e. The van der Waals surface area contributed by atoms with Gasteiger partial charge in [-0.1, -0.05) is 41.9 Å². The number of aromatic nitrogens is 2. The van der Waals surface area contributed by atoms with Crippen molar-refractivity contribution in [1.29, 1.82) is 0 Å². The summed E-state index contributed by atoms with van der Waals surface area (Å²) in [6.45, 7) is 2.30. The maximum absolute atomic E-state index is 12.7. The molecule has 3 aromatic rings. The Morgan fingerprint density at radius 3 is 2.35 bits per heavy atom. The molecule has 1 saturated heterocycles. The van der Waals surface area contributed by atoms with Gasteiger partial charge in [0.2, 0.25) is 5.91 Å². The van der Waals surface area contributed by atoms with E-state index in [1.165, 1.54) is 4.68 Å². The van der Waals surface area contributed by atoms with Crippen molar-refractivity contribution >= 4 is 23.2 Å². The van der Waals surface area contributed by atoms with Crippen molar-refractivity contribution in [3.63, 3.8) is 0 Å². The van der Waals surface area contributed by atoms with E-state index in [-0.39, 0.29) is 16.5 Å². The molecule has 0 saturated carbocycles. The minimum Gasteiger partial charge on any atom is -0.497 e. The molecular weight excluding hydrogens is 416 g/mol. The van der Waals surface area contributed by atoms with Crippen LogP contribution in [0.25, 0.3) is 5.69 Å². The summed E-state index contributed by atoms with van der Waals surface area (Å²) in [7, 11) is 1.62. The van der Waals surface area contributed by atoms with Crippen LogP contribution in [0.2, 0.25) is 5.02 Å². The molecule has 1 aliphatic heterocycles. The Kier molecular flexibility index (Phi) is 6.23. The summed E-state index contributed by atoms with van der Waals surface area (Å²) < 4.78 is 6.45. The summed E-state index contributed by atoms with van der Waals surface area (Å²) in [4.78, 5) is 29.2. The van der Waals surface area contributed by atoms with Gasteiger partial charge >= 0.3 is 0 Å². The van der Waals surface area contributed by atoms with Crippen molar-refractivity contribution in [3.8, 4) is 11.4 Å². The van der Waals surface area contributed by atoms with E-state index in [2.05, 4.69) is 5.10 Å². The van der Waals surface area contributed by atoms with Crippen LogP contribution in [0, 0.1) is 0 Å². The van der Waals surface area contributed by atoms with E-state index in [1.807, 2.05) is 52.3 Å². The maximum Gasteiger partial charge on any atom is 0.292 e. The highest BCUT2D eigenvalue weighted by molar-refractivity contribution is 6.33. The Morgan fingerprint density at radius 1 is 1.03 bits per heavy atom. The minimum atomic E-state index is -0.358. The molecule has 1 aromatic heterocycles. The number of ether oxygens (including phenoxy) is 1. The predicted molar refractivity (Wildman–Crippen MR) is 120 cm³/mol. The van der Waals surface area contributed by atoms with Crippen LogP contribution < -0.4 is 15.2 Å². The number of carbonyl (C=O) groups is 1. The van der Waals surface area contributed by atoms with Gasteiger partial charge in [0.1, 0.15) is 10.8 Å². The van der Waals surface area contributed by atoms with Gasteiger partial charge in [-0.3, -0.25) is 9.59 Å². The molecule has 2 heterocycles. The van der Waals surface area contributed by atoms with Crippen LogP contribution in [0.3, 0.4) is 0 Å². The summed E-state index contributed by atoms with van der Waals surface area (Å²) in [5, 5.41) is 4.43. The minimum absolute atomic E-state index is 0.0773. The number of benzene rings is 2. The lowest BCUT2D eigenvalue weighted by atomic mass is 10.1. The van der Waals surface area contributed by atoms with Crippen molar-refractivity contribution in [2.24, 2.45) is 0 Å². The lowest BCUT2D eigenvalue weighted by Crippen LogP contribution is -2.49. The highest BCUT2D eigenvalue weighted by atomic mass is 35.5. The maximum atomic E-state index is 12.7. The number of nitrogens with zero attached hydrogens (tertiary/aromatic N) is 4. The van der Waals surface area contributed by atoms with E-state index < -0.39 is 0 Å². The standard InChI is InChI=1S/C23H23ClN4O3/c1-31-19-9-7-17(8-10-19)15-21(29)27-13-11-26(12-14-27)20-16-25-28(23(30)22(20)24)18-5-3-2-4-6-18/h2-10,16H,11-15H2,1H3. The summed E-state index contributed by atoms with van der Waals surface area (Å²) in [6.07, 6.45) is 1.96. The van der Waals surface area contributed by atoms with Crippen LogP contribution in [-0.4, -0.2) is 53.9 Å². The molecule has 31 heavy (non-hydrogen) atoms. The third-order valence-electron chi connectivity index (χ3n) is 5.39. The van der Waals surface area contributed by atoms with E-state index in [9.17, 15) is 9.59 Å². The lowest BCUT2D eigenvalue weighted by molar-refractivity contribution is -0.130. The van der Waals surface area contributed by atoms with Crippen molar-refractivity contribution in [3.05, 3.63) is 81.7 Å². The van der Waals surface area contributed by atoms with Crippen molar-refractivity contribution in [1.82, 2.24) is 14.7 Å². The largest absolute Gasteiger partial charge is 0.497 e. The topological polar surface area (TPSA) is 67.7 Å². The second-order valence-electron chi connectivity index (χ2n) is 7.29. The molecular formula is C23H23ClN4O3. The molecule has 0 unspecified atom stereocenters. The molecule has 0 N–H and O–H groups in total. The number of hydrogen-bond acceptors (Lipinski definition) is 5. The molecule has 4 rings (SSSR count). The summed E-state index contributed by atoms with van der Waals surface area (Å²) in [5.74, 6) is 0.845. The van der Waals surface area contributed by atoms with Gasteiger partial charge < -0.3 is 14.5 Å². The number of carbonyl (C=O) groups excluding carboxylic acids is 1. The van der Waals surface area contributed by atoms with E-state index >= 15 is 0 Å². The Hall–Kier alpha value is -3.32. The number of methoxy groups -OCH3 is 1. The van der Waals surface area contributed by atoms with Gasteiger partial charge in [-0.15, -0.1) is 0 Å². The van der Waals surface area contributed by atoms with Crippen LogP contribution in [0.4, 0.5) is 5.69 Å². The molecule has 1 fully saturated rings. The van der Waals surface area contributed by atoms with Gasteiger partial charge in [-0.25, -0.2) is 0 Å². The number of hydrogen-bond donors (Lipinski definition) is 0. The van der Waals surface area contributed by atoms with Gasteiger partial charge in [0.25, 0.3) is 5.56 Å². The number of piperazine rings is 1. The molecule has 1 aliphatic rings. The molecule has 2 aromatic carbocycles. The fourth-order valence-corrected chi connectivity index (χ4v) is 3.87. The van der Waals surface area contributed by atoms with Gasteiger partial charge in [0.15, 0.2) is 0 Å². The van der Waals surface area contributed by atoms with Crippen LogP contribution in [0.5, 0.6) is 5.75 Å². The van der Waals surface area contributed by atoms with Gasteiger partial charge in [-0.2, -0.15) is 9.78 Å². The average Bonchev–Trinajstić information content (AvgIpc) is 2.82. The van der Waals surface area contributed by atoms with Gasteiger partial charge in [-0.05, 0) is 29.8 Å². The fraction of sp³-hybridized carbons (Fsp3) is 0.261. The zero-order chi connectivity index (χ0) is 21.8. The quantitative estimate of drug-likeness (QED) is 0.612. The van der Waals surface area contributed by atoms with E-state index in [0.29, 0.717) is 44.0 Å². The molecule has 0 bridgehead atoms. The second-order valence-corrected chi connectivity index (χ2v) is 7.67. The summed E-state index contributed by atoms with van der Waals surface area (Å²) in [6, 6.07) is 16.7. The number of para-hydroxylation sites is 1. The third kappa shape index (κ3) is 4.56. The Morgan fingerprint density at radius 2 is 1.71 bits per heavy atom. The molecule has 0 aliphatic carbocycles. The second kappa shape index (κ2) is 9.22. The first-order valence-electron chi connectivity index (χ1n) is 10.1. The molecule has 7 nitrogen and oxygen atoms in total. The normalized spacial score (nSPS) is 13.9. The SMILES string of the molecule is COc1ccc(CC(=O)N2CCN(c3cnn(-c4ccccc4)c(=O)c3Cl)CC2)cc1. The van der Waals surface area contributed by atoms with Crippen LogP contribution in [0.15, 0.2) is 65.6 Å². The first-order chi connectivity index (χ1) is 15.1. The highest BCUT2D eigenvalue weighted by Crippen LogP contribution is 2.23. The third-order valence-corrected chi connectivity index (χ3v) is 5.74. The zero-order valence-electron chi connectivity index (χ0n) is 17.2. The van der Waals surface area contributed by atoms with Gasteiger partial charge in [0, 0.05) is 26.2 Å². The molecule has 160 valence electrons. The molecule has 1 amide bonds. The van der Waals surface area contributed by atoms with E-state index in [0.717, 1.165) is 11.3 Å². The van der Waals surface area contributed by atoms with Crippen LogP contribution >= 0.6 is 11.6 Å². The summed E-state index contributed by atoms with van der Waals surface area (Å²) in [5.41, 5.74) is 1.85. The van der Waals surface area contributed by atoms with Crippen molar-refractivity contribution in [2.75, 3.05) is 38.2 Å². The van der Waals surface area contributed by atoms with Crippen LogP contribution in [-0.2, 0) is 11.2 Å². The zero-order valence-corrected chi connectivity index (χ0v) is 18.0. The predicted octanol–water partition coefficient (Wildman–Crippen LogP) is 2.79. The van der Waals surface area contributed by atoms with Gasteiger partial charge in [0.05, 0.1) is 31.1 Å². The molecule has 0 spiro atoms. The first-order valence-corrected chi connectivity index (χ1v) is 10.4. The number of amides is 1. The fourth-order valence-electron chi connectivity index (χ4n) is 3.62. The molecule has 0 radical (unpaired) electrons. The van der Waals surface area contributed by atoms with Crippen molar-refractivity contribution < 1.29 is 9.53 Å². The summed E-state index contributed by atoms with van der Waals surface area (Å²) >= 11 is 6.41. The monoisotopic (exact) mass is 438 g/mol. The van der Waals surface area contributed by atoms with Crippen molar-refractivity contribution in [2.45, 2.75) is 6.42 Å². The highest BCUT2D eigenvalue weighted by Gasteiger charge is 2.24. The average molecular weight is 439 g/mol. The van der Waals surface area contributed by atoms with E-state index in [1.54, 1.807) is 25.4 Å². The Bertz CT molecular complexity index is 1110. The molecule has 0 atom stereocenters. The number of rotatable bonds is 5. The number of halogens is 1. The Labute approximate surface area is 185 Å².